The fourth-order valence-corrected chi connectivity index (χ4v) is 4.23. The number of carbonyl (C=O) groups is 1. The molecule has 30 heavy (non-hydrogen) atoms. The van der Waals surface area contributed by atoms with Gasteiger partial charge in [0.1, 0.15) is 11.5 Å². The molecule has 4 aromatic rings. The van der Waals surface area contributed by atoms with Crippen LogP contribution in [0, 0.1) is 5.82 Å². The first-order valence-electron chi connectivity index (χ1n) is 9.22. The molecule has 0 fully saturated rings. The summed E-state index contributed by atoms with van der Waals surface area (Å²) < 4.78 is 15.1. The second-order valence-corrected chi connectivity index (χ2v) is 8.33. The maximum atomic E-state index is 14.1. The summed E-state index contributed by atoms with van der Waals surface area (Å²) in [6, 6.07) is 20.5. The number of fused-ring (bicyclic) bond motifs is 1. The van der Waals surface area contributed by atoms with E-state index < -0.39 is 6.04 Å². The summed E-state index contributed by atoms with van der Waals surface area (Å²) in [5, 5.41) is 7.90. The molecule has 0 saturated heterocycles. The Morgan fingerprint density at radius 1 is 1.03 bits per heavy atom. The van der Waals surface area contributed by atoms with Crippen LogP contribution in [0.1, 0.15) is 27.7 Å². The SMILES string of the molecule is O=C1c2[nH]nc(-c3ccc(Br)cc3)c2C(c2cccc(F)c2)N1c1ccc(Cl)cc1. The van der Waals surface area contributed by atoms with Gasteiger partial charge in [-0.05, 0) is 54.1 Å². The number of aromatic amines is 1. The first-order chi connectivity index (χ1) is 14.5. The van der Waals surface area contributed by atoms with Gasteiger partial charge in [0, 0.05) is 26.3 Å². The van der Waals surface area contributed by atoms with E-state index in [2.05, 4.69) is 26.1 Å². The zero-order chi connectivity index (χ0) is 20.8. The van der Waals surface area contributed by atoms with Crippen molar-refractivity contribution in [1.29, 1.82) is 0 Å². The van der Waals surface area contributed by atoms with Crippen LogP contribution in [0.15, 0.2) is 77.3 Å². The molecule has 1 atom stereocenters. The largest absolute Gasteiger partial charge is 0.295 e. The van der Waals surface area contributed by atoms with Crippen molar-refractivity contribution in [3.8, 4) is 11.3 Å². The molecule has 0 saturated carbocycles. The van der Waals surface area contributed by atoms with Crippen molar-refractivity contribution in [2.45, 2.75) is 6.04 Å². The molecule has 7 heteroatoms. The Hall–Kier alpha value is -2.96. The number of anilines is 1. The molecule has 0 bridgehead atoms. The van der Waals surface area contributed by atoms with Gasteiger partial charge < -0.3 is 0 Å². The average Bonchev–Trinajstić information content (AvgIpc) is 3.28. The molecule has 2 heterocycles. The monoisotopic (exact) mass is 481 g/mol. The second-order valence-electron chi connectivity index (χ2n) is 6.98. The van der Waals surface area contributed by atoms with E-state index in [1.54, 1.807) is 35.2 Å². The predicted octanol–water partition coefficient (Wildman–Crippen LogP) is 6.38. The summed E-state index contributed by atoms with van der Waals surface area (Å²) in [6.07, 6.45) is 0. The summed E-state index contributed by atoms with van der Waals surface area (Å²) >= 11 is 9.48. The van der Waals surface area contributed by atoms with Crippen LogP contribution in [0.3, 0.4) is 0 Å². The number of carbonyl (C=O) groups excluding carboxylic acids is 1. The van der Waals surface area contributed by atoms with Crippen molar-refractivity contribution >= 4 is 39.1 Å². The van der Waals surface area contributed by atoms with E-state index in [0.717, 1.165) is 15.6 Å². The van der Waals surface area contributed by atoms with Crippen molar-refractivity contribution in [2.24, 2.45) is 0 Å². The van der Waals surface area contributed by atoms with Gasteiger partial charge in [-0.15, -0.1) is 0 Å². The van der Waals surface area contributed by atoms with Gasteiger partial charge in [-0.2, -0.15) is 5.10 Å². The van der Waals surface area contributed by atoms with E-state index in [9.17, 15) is 9.18 Å². The third-order valence-electron chi connectivity index (χ3n) is 5.16. The van der Waals surface area contributed by atoms with Crippen LogP contribution < -0.4 is 4.90 Å². The molecule has 5 rings (SSSR count). The van der Waals surface area contributed by atoms with Crippen LogP contribution in [0.4, 0.5) is 10.1 Å². The summed E-state index contributed by atoms with van der Waals surface area (Å²) in [5.41, 5.74) is 3.99. The molecule has 3 aromatic carbocycles. The van der Waals surface area contributed by atoms with Gasteiger partial charge in [0.15, 0.2) is 0 Å². The number of benzene rings is 3. The van der Waals surface area contributed by atoms with E-state index in [4.69, 9.17) is 11.6 Å². The van der Waals surface area contributed by atoms with Crippen LogP contribution in [-0.2, 0) is 0 Å². The number of H-pyrrole nitrogens is 1. The van der Waals surface area contributed by atoms with Crippen LogP contribution >= 0.6 is 27.5 Å². The second kappa shape index (κ2) is 7.38. The molecule has 1 aliphatic heterocycles. The zero-order valence-corrected chi connectivity index (χ0v) is 17.8. The number of rotatable bonds is 3. The van der Waals surface area contributed by atoms with Gasteiger partial charge in [-0.1, -0.05) is 51.8 Å². The number of hydrogen-bond acceptors (Lipinski definition) is 2. The number of nitrogens with zero attached hydrogens (tertiary/aromatic N) is 2. The standard InChI is InChI=1S/C23H14BrClFN3O/c24-15-6-4-13(5-7-15)20-19-21(28-27-20)23(30)29(18-10-8-16(25)9-11-18)22(19)14-2-1-3-17(26)12-14/h1-12,22H,(H,27,28). The van der Waals surface area contributed by atoms with Gasteiger partial charge in [0.25, 0.3) is 5.91 Å². The first-order valence-corrected chi connectivity index (χ1v) is 10.4. The lowest BCUT2D eigenvalue weighted by atomic mass is 9.96. The Bertz CT molecular complexity index is 1250. The lowest BCUT2D eigenvalue weighted by molar-refractivity contribution is 0.0988. The normalized spacial score (nSPS) is 15.5. The van der Waals surface area contributed by atoms with Gasteiger partial charge >= 0.3 is 0 Å². The minimum Gasteiger partial charge on any atom is -0.295 e. The quantitative estimate of drug-likeness (QED) is 0.368. The number of hydrogen-bond donors (Lipinski definition) is 1. The lowest BCUT2D eigenvalue weighted by Gasteiger charge is -2.26. The maximum Gasteiger partial charge on any atom is 0.277 e. The average molecular weight is 483 g/mol. The van der Waals surface area contributed by atoms with Gasteiger partial charge in [0.2, 0.25) is 0 Å². The molecular formula is C23H14BrClFN3O. The third kappa shape index (κ3) is 3.13. The Kier molecular flexibility index (Phi) is 4.68. The van der Waals surface area contributed by atoms with Gasteiger partial charge in [0.05, 0.1) is 11.7 Å². The molecule has 0 aliphatic carbocycles. The molecular weight excluding hydrogens is 469 g/mol. The van der Waals surface area contributed by atoms with Crippen molar-refractivity contribution in [1.82, 2.24) is 10.2 Å². The molecule has 0 radical (unpaired) electrons. The highest BCUT2D eigenvalue weighted by molar-refractivity contribution is 9.10. The molecule has 148 valence electrons. The van der Waals surface area contributed by atoms with Crippen molar-refractivity contribution in [3.05, 3.63) is 105 Å². The minimum atomic E-state index is -0.526. The Balaban J connectivity index is 1.72. The lowest BCUT2D eigenvalue weighted by Crippen LogP contribution is -2.29. The van der Waals surface area contributed by atoms with E-state index in [1.807, 2.05) is 30.3 Å². The molecule has 1 unspecified atom stereocenters. The highest BCUT2D eigenvalue weighted by Gasteiger charge is 2.43. The van der Waals surface area contributed by atoms with Gasteiger partial charge in [-0.3, -0.25) is 14.8 Å². The highest BCUT2D eigenvalue weighted by Crippen LogP contribution is 2.45. The molecule has 1 N–H and O–H groups in total. The fourth-order valence-electron chi connectivity index (χ4n) is 3.83. The first kappa shape index (κ1) is 19.0. The molecule has 1 aromatic heterocycles. The summed E-state index contributed by atoms with van der Waals surface area (Å²) in [5.74, 6) is -0.587. The van der Waals surface area contributed by atoms with Crippen molar-refractivity contribution in [3.63, 3.8) is 0 Å². The van der Waals surface area contributed by atoms with E-state index in [1.165, 1.54) is 12.1 Å². The highest BCUT2D eigenvalue weighted by atomic mass is 79.9. The molecule has 1 aliphatic rings. The van der Waals surface area contributed by atoms with Crippen molar-refractivity contribution in [2.75, 3.05) is 4.90 Å². The number of halogens is 3. The summed E-state index contributed by atoms with van der Waals surface area (Å²) in [6.45, 7) is 0. The van der Waals surface area contributed by atoms with Crippen molar-refractivity contribution < 1.29 is 9.18 Å². The summed E-state index contributed by atoms with van der Waals surface area (Å²) in [7, 11) is 0. The fraction of sp³-hybridized carbons (Fsp3) is 0.0435. The Morgan fingerprint density at radius 2 is 1.77 bits per heavy atom. The Labute approximate surface area is 185 Å². The number of nitrogens with one attached hydrogen (secondary N) is 1. The molecule has 4 nitrogen and oxygen atoms in total. The van der Waals surface area contributed by atoms with Crippen LogP contribution in [0.2, 0.25) is 5.02 Å². The zero-order valence-electron chi connectivity index (χ0n) is 15.4. The van der Waals surface area contributed by atoms with Crippen LogP contribution in [0.25, 0.3) is 11.3 Å². The van der Waals surface area contributed by atoms with Crippen LogP contribution in [0.5, 0.6) is 0 Å². The predicted molar refractivity (Wildman–Crippen MR) is 118 cm³/mol. The summed E-state index contributed by atoms with van der Waals surface area (Å²) in [4.78, 5) is 15.0. The topological polar surface area (TPSA) is 49.0 Å². The number of aromatic nitrogens is 2. The smallest absolute Gasteiger partial charge is 0.277 e. The van der Waals surface area contributed by atoms with E-state index >= 15 is 0 Å². The van der Waals surface area contributed by atoms with Gasteiger partial charge in [-0.25, -0.2) is 4.39 Å². The van der Waals surface area contributed by atoms with E-state index in [0.29, 0.717) is 27.7 Å². The maximum absolute atomic E-state index is 14.1. The number of amides is 1. The molecule has 0 spiro atoms. The minimum absolute atomic E-state index is 0.225. The van der Waals surface area contributed by atoms with E-state index in [-0.39, 0.29) is 11.7 Å². The molecule has 1 amide bonds. The Morgan fingerprint density at radius 3 is 2.47 bits per heavy atom. The third-order valence-corrected chi connectivity index (χ3v) is 5.94. The van der Waals surface area contributed by atoms with Crippen LogP contribution in [-0.4, -0.2) is 16.1 Å².